The maximum atomic E-state index is 12.6. The van der Waals surface area contributed by atoms with Gasteiger partial charge in [-0.2, -0.15) is 5.26 Å². The molecular formula is C19H24N2O4. The zero-order chi connectivity index (χ0) is 18.6. The molecule has 0 aliphatic heterocycles. The molecule has 0 bridgehead atoms. The predicted octanol–water partition coefficient (Wildman–Crippen LogP) is 2.93. The molecule has 1 amide bonds. The number of aromatic hydroxyl groups is 1. The molecule has 1 aliphatic carbocycles. The van der Waals surface area contributed by atoms with Crippen LogP contribution in [-0.2, 0) is 9.53 Å². The summed E-state index contributed by atoms with van der Waals surface area (Å²) in [7, 11) is 1.59. The molecule has 0 heterocycles. The minimum atomic E-state index is -1.04. The number of benzene rings is 1. The second kappa shape index (κ2) is 7.56. The van der Waals surface area contributed by atoms with Crippen LogP contribution in [0, 0.1) is 18.3 Å². The number of nitriles is 1. The van der Waals surface area contributed by atoms with Gasteiger partial charge in [-0.15, -0.1) is 0 Å². The molecule has 1 aliphatic rings. The average molecular weight is 344 g/mol. The Balaban J connectivity index is 2.09. The molecule has 6 nitrogen and oxygen atoms in total. The van der Waals surface area contributed by atoms with Crippen LogP contribution in [-0.4, -0.2) is 40.6 Å². The van der Waals surface area contributed by atoms with Crippen molar-refractivity contribution in [3.63, 3.8) is 0 Å². The summed E-state index contributed by atoms with van der Waals surface area (Å²) in [4.78, 5) is 26.3. The molecular weight excluding hydrogens is 320 g/mol. The number of esters is 1. The Morgan fingerprint density at radius 3 is 2.52 bits per heavy atom. The quantitative estimate of drug-likeness (QED) is 0.848. The summed E-state index contributed by atoms with van der Waals surface area (Å²) in [6.07, 6.45) is 3.08. The molecule has 6 heteroatoms. The van der Waals surface area contributed by atoms with Crippen LogP contribution in [0.2, 0.25) is 0 Å². The minimum absolute atomic E-state index is 0.0144. The number of ether oxygens (including phenoxy) is 1. The first-order valence-electron chi connectivity index (χ1n) is 8.50. The summed E-state index contributed by atoms with van der Waals surface area (Å²) < 4.78 is 5.22. The van der Waals surface area contributed by atoms with Gasteiger partial charge in [-0.3, -0.25) is 4.79 Å². The van der Waals surface area contributed by atoms with Crippen LogP contribution in [0.4, 0.5) is 0 Å². The summed E-state index contributed by atoms with van der Waals surface area (Å²) in [5.74, 6) is -1.36. The highest BCUT2D eigenvalue weighted by Gasteiger charge is 2.40. The van der Waals surface area contributed by atoms with Crippen molar-refractivity contribution in [3.05, 3.63) is 29.3 Å². The Kier molecular flexibility index (Phi) is 5.68. The molecule has 1 N–H and O–H groups in total. The largest absolute Gasteiger partial charge is 0.507 e. The number of hydrogen-bond acceptors (Lipinski definition) is 5. The zero-order valence-electron chi connectivity index (χ0n) is 14.9. The lowest BCUT2D eigenvalue weighted by molar-refractivity contribution is -0.143. The van der Waals surface area contributed by atoms with Crippen molar-refractivity contribution < 1.29 is 19.4 Å². The zero-order valence-corrected chi connectivity index (χ0v) is 14.9. The van der Waals surface area contributed by atoms with E-state index in [0.717, 1.165) is 24.8 Å². The molecule has 1 fully saturated rings. The van der Waals surface area contributed by atoms with Crippen LogP contribution in [0.15, 0.2) is 18.2 Å². The first-order chi connectivity index (χ1) is 11.8. The molecule has 1 aromatic rings. The fraction of sp³-hybridized carbons (Fsp3) is 0.526. The van der Waals surface area contributed by atoms with Crippen LogP contribution in [0.3, 0.4) is 0 Å². The monoisotopic (exact) mass is 344 g/mol. The smallest absolute Gasteiger partial charge is 0.342 e. The number of hydrogen-bond donors (Lipinski definition) is 1. The number of likely N-dealkylation sites (N-methyl/N-ethyl adjacent to an activating group) is 1. The van der Waals surface area contributed by atoms with Crippen LogP contribution in [0.5, 0.6) is 5.75 Å². The lowest BCUT2D eigenvalue weighted by atomic mass is 9.81. The number of carbonyl (C=O) groups excluding carboxylic acids is 2. The van der Waals surface area contributed by atoms with Crippen molar-refractivity contribution >= 4 is 11.9 Å². The molecule has 0 saturated heterocycles. The highest BCUT2D eigenvalue weighted by atomic mass is 16.5. The van der Waals surface area contributed by atoms with Gasteiger partial charge in [0, 0.05) is 7.05 Å². The summed E-state index contributed by atoms with van der Waals surface area (Å²) in [5, 5.41) is 19.4. The molecule has 0 spiro atoms. The highest BCUT2D eigenvalue weighted by molar-refractivity contribution is 5.94. The molecule has 1 saturated carbocycles. The van der Waals surface area contributed by atoms with Gasteiger partial charge >= 0.3 is 5.97 Å². The lowest BCUT2D eigenvalue weighted by Gasteiger charge is -2.39. The molecule has 1 aromatic carbocycles. The van der Waals surface area contributed by atoms with E-state index >= 15 is 0 Å². The standard InChI is InChI=1S/C19H24N2O4/c1-13-7-8-15(16(22)11-13)18(24)25-14(2)17(23)21(3)19(12-20)9-5-4-6-10-19/h7-8,11,14,22H,4-6,9-10H2,1-3H3/t14-/m0/s1. The second-order valence-corrected chi connectivity index (χ2v) is 6.67. The summed E-state index contributed by atoms with van der Waals surface area (Å²) >= 11 is 0. The van der Waals surface area contributed by atoms with E-state index in [0.29, 0.717) is 12.8 Å². The van der Waals surface area contributed by atoms with Crippen molar-refractivity contribution in [2.24, 2.45) is 0 Å². The Morgan fingerprint density at radius 2 is 1.96 bits per heavy atom. The first kappa shape index (κ1) is 18.8. The summed E-state index contributed by atoms with van der Waals surface area (Å²) in [5.41, 5.74) is -0.00567. The van der Waals surface area contributed by atoms with Crippen LogP contribution >= 0.6 is 0 Å². The van der Waals surface area contributed by atoms with Gasteiger partial charge in [0.05, 0.1) is 6.07 Å². The normalized spacial score (nSPS) is 17.2. The summed E-state index contributed by atoms with van der Waals surface area (Å²) in [6, 6.07) is 6.88. The molecule has 1 atom stereocenters. The topological polar surface area (TPSA) is 90.6 Å². The third-order valence-electron chi connectivity index (χ3n) is 4.87. The predicted molar refractivity (Wildman–Crippen MR) is 91.9 cm³/mol. The Bertz CT molecular complexity index is 702. The van der Waals surface area contributed by atoms with Crippen molar-refractivity contribution in [2.75, 3.05) is 7.05 Å². The molecule has 2 rings (SSSR count). The number of carbonyl (C=O) groups is 2. The van der Waals surface area contributed by atoms with Gasteiger partial charge in [-0.05, 0) is 44.4 Å². The van der Waals surface area contributed by atoms with E-state index in [-0.39, 0.29) is 11.3 Å². The number of aryl methyl sites for hydroxylation is 1. The van der Waals surface area contributed by atoms with Crippen LogP contribution in [0.25, 0.3) is 0 Å². The first-order valence-corrected chi connectivity index (χ1v) is 8.50. The third kappa shape index (κ3) is 3.93. The van der Waals surface area contributed by atoms with E-state index in [9.17, 15) is 20.0 Å². The van der Waals surface area contributed by atoms with Gasteiger partial charge in [0.25, 0.3) is 5.91 Å². The Hall–Kier alpha value is -2.55. The Morgan fingerprint density at radius 1 is 1.32 bits per heavy atom. The fourth-order valence-electron chi connectivity index (χ4n) is 3.23. The lowest BCUT2D eigenvalue weighted by Crippen LogP contribution is -2.53. The maximum Gasteiger partial charge on any atom is 0.342 e. The van der Waals surface area contributed by atoms with Gasteiger partial charge in [0.2, 0.25) is 0 Å². The van der Waals surface area contributed by atoms with E-state index in [1.807, 2.05) is 0 Å². The van der Waals surface area contributed by atoms with E-state index in [2.05, 4.69) is 6.07 Å². The maximum absolute atomic E-state index is 12.6. The van der Waals surface area contributed by atoms with Gasteiger partial charge < -0.3 is 14.7 Å². The fourth-order valence-corrected chi connectivity index (χ4v) is 3.23. The number of phenolic OH excluding ortho intramolecular Hbond substituents is 1. The van der Waals surface area contributed by atoms with Crippen molar-refractivity contribution in [1.82, 2.24) is 4.90 Å². The molecule has 0 radical (unpaired) electrons. The van der Waals surface area contributed by atoms with Gasteiger partial charge in [-0.25, -0.2) is 4.79 Å². The number of phenols is 1. The Labute approximate surface area is 148 Å². The van der Waals surface area contributed by atoms with Crippen molar-refractivity contribution in [3.8, 4) is 11.8 Å². The van der Waals surface area contributed by atoms with E-state index in [1.54, 1.807) is 20.0 Å². The average Bonchev–Trinajstić information content (AvgIpc) is 2.60. The van der Waals surface area contributed by atoms with Gasteiger partial charge in [0.1, 0.15) is 16.9 Å². The van der Waals surface area contributed by atoms with E-state index in [4.69, 9.17) is 4.74 Å². The van der Waals surface area contributed by atoms with Crippen molar-refractivity contribution in [2.45, 2.75) is 57.6 Å². The van der Waals surface area contributed by atoms with Crippen LogP contribution < -0.4 is 0 Å². The molecule has 0 unspecified atom stereocenters. The SMILES string of the molecule is Cc1ccc(C(=O)O[C@@H](C)C(=O)N(C)C2(C#N)CCCCC2)c(O)c1. The second-order valence-electron chi connectivity index (χ2n) is 6.67. The third-order valence-corrected chi connectivity index (χ3v) is 4.87. The number of amides is 1. The van der Waals surface area contributed by atoms with E-state index < -0.39 is 23.5 Å². The van der Waals surface area contributed by atoms with Crippen LogP contribution in [0.1, 0.15) is 54.9 Å². The van der Waals surface area contributed by atoms with Crippen molar-refractivity contribution in [1.29, 1.82) is 5.26 Å². The number of nitrogens with zero attached hydrogens (tertiary/aromatic N) is 2. The highest BCUT2D eigenvalue weighted by Crippen LogP contribution is 2.33. The van der Waals surface area contributed by atoms with E-state index in [1.165, 1.54) is 24.0 Å². The minimum Gasteiger partial charge on any atom is -0.507 e. The number of rotatable bonds is 4. The summed E-state index contributed by atoms with van der Waals surface area (Å²) in [6.45, 7) is 3.28. The van der Waals surface area contributed by atoms with Gasteiger partial charge in [-0.1, -0.05) is 25.3 Å². The molecule has 134 valence electrons. The molecule has 25 heavy (non-hydrogen) atoms. The van der Waals surface area contributed by atoms with Gasteiger partial charge in [0.15, 0.2) is 6.10 Å². The molecule has 0 aromatic heterocycles.